The smallest absolute Gasteiger partial charge is 0.227 e. The van der Waals surface area contributed by atoms with Gasteiger partial charge in [-0.05, 0) is 37.3 Å². The zero-order chi connectivity index (χ0) is 16.6. The lowest BCUT2D eigenvalue weighted by molar-refractivity contribution is -0.135. The summed E-state index contributed by atoms with van der Waals surface area (Å²) in [6, 6.07) is 3.58. The van der Waals surface area contributed by atoms with Crippen LogP contribution < -0.4 is 9.47 Å². The fourth-order valence-corrected chi connectivity index (χ4v) is 4.05. The van der Waals surface area contributed by atoms with Crippen LogP contribution >= 0.6 is 11.6 Å². The second-order valence-corrected chi connectivity index (χ2v) is 7.19. The van der Waals surface area contributed by atoms with E-state index in [2.05, 4.69) is 0 Å². The van der Waals surface area contributed by atoms with Crippen molar-refractivity contribution in [3.8, 4) is 11.5 Å². The van der Waals surface area contributed by atoms with Crippen LogP contribution in [0.4, 0.5) is 0 Å². The average molecular weight is 352 g/mol. The SMILES string of the molecule is O=C(Cc1cc2c(cc1Cl)OCCO2)N1CCC2(CCCO2)CC1. The number of hydrogen-bond acceptors (Lipinski definition) is 4. The highest BCUT2D eigenvalue weighted by molar-refractivity contribution is 6.31. The first-order valence-corrected chi connectivity index (χ1v) is 9.03. The fourth-order valence-electron chi connectivity index (χ4n) is 3.83. The number of carbonyl (C=O) groups excluding carboxylic acids is 1. The van der Waals surface area contributed by atoms with E-state index in [-0.39, 0.29) is 11.5 Å². The Balaban J connectivity index is 1.41. The van der Waals surface area contributed by atoms with Crippen LogP contribution in [0.2, 0.25) is 5.02 Å². The Kier molecular flexibility index (Phi) is 4.31. The molecule has 0 aromatic heterocycles. The molecule has 1 amide bonds. The maximum absolute atomic E-state index is 12.6. The second kappa shape index (κ2) is 6.45. The highest BCUT2D eigenvalue weighted by Gasteiger charge is 2.39. The third kappa shape index (κ3) is 3.07. The Morgan fingerprint density at radius 3 is 2.46 bits per heavy atom. The van der Waals surface area contributed by atoms with Crippen LogP contribution in [-0.2, 0) is 16.0 Å². The van der Waals surface area contributed by atoms with Crippen LogP contribution in [0.15, 0.2) is 12.1 Å². The molecule has 3 heterocycles. The molecule has 4 rings (SSSR count). The number of ether oxygens (including phenoxy) is 3. The van der Waals surface area contributed by atoms with Crippen molar-refractivity contribution in [2.75, 3.05) is 32.9 Å². The van der Waals surface area contributed by atoms with Gasteiger partial charge < -0.3 is 19.1 Å². The predicted octanol–water partition coefficient (Wildman–Crippen LogP) is 2.83. The van der Waals surface area contributed by atoms with Gasteiger partial charge in [0.15, 0.2) is 11.5 Å². The summed E-state index contributed by atoms with van der Waals surface area (Å²) in [4.78, 5) is 14.6. The summed E-state index contributed by atoms with van der Waals surface area (Å²) >= 11 is 6.32. The van der Waals surface area contributed by atoms with E-state index in [1.54, 1.807) is 6.07 Å². The van der Waals surface area contributed by atoms with Crippen molar-refractivity contribution >= 4 is 17.5 Å². The monoisotopic (exact) mass is 351 g/mol. The second-order valence-electron chi connectivity index (χ2n) is 6.78. The van der Waals surface area contributed by atoms with Crippen molar-refractivity contribution in [2.45, 2.75) is 37.7 Å². The molecule has 24 heavy (non-hydrogen) atoms. The molecule has 0 unspecified atom stereocenters. The van der Waals surface area contributed by atoms with Crippen LogP contribution in [0.5, 0.6) is 11.5 Å². The van der Waals surface area contributed by atoms with Gasteiger partial charge in [-0.3, -0.25) is 4.79 Å². The molecular formula is C18H22ClNO4. The van der Waals surface area contributed by atoms with Crippen LogP contribution in [-0.4, -0.2) is 49.3 Å². The van der Waals surface area contributed by atoms with Crippen LogP contribution in [0.1, 0.15) is 31.2 Å². The first-order valence-electron chi connectivity index (χ1n) is 8.65. The number of amides is 1. The summed E-state index contributed by atoms with van der Waals surface area (Å²) in [7, 11) is 0. The van der Waals surface area contributed by atoms with Gasteiger partial charge in [-0.25, -0.2) is 0 Å². The van der Waals surface area contributed by atoms with Crippen molar-refractivity contribution in [1.82, 2.24) is 4.90 Å². The van der Waals surface area contributed by atoms with E-state index in [9.17, 15) is 4.79 Å². The van der Waals surface area contributed by atoms with E-state index >= 15 is 0 Å². The molecule has 0 aliphatic carbocycles. The minimum atomic E-state index is 0.0332. The summed E-state index contributed by atoms with van der Waals surface area (Å²) in [5, 5.41) is 0.556. The molecule has 0 N–H and O–H groups in total. The molecule has 0 saturated carbocycles. The lowest BCUT2D eigenvalue weighted by atomic mass is 9.88. The summed E-state index contributed by atoms with van der Waals surface area (Å²) in [6.45, 7) is 3.44. The predicted molar refractivity (Wildman–Crippen MR) is 89.9 cm³/mol. The molecular weight excluding hydrogens is 330 g/mol. The molecule has 130 valence electrons. The minimum Gasteiger partial charge on any atom is -0.486 e. The lowest BCUT2D eigenvalue weighted by Gasteiger charge is -2.38. The molecule has 2 saturated heterocycles. The quantitative estimate of drug-likeness (QED) is 0.822. The lowest BCUT2D eigenvalue weighted by Crippen LogP contribution is -2.46. The van der Waals surface area contributed by atoms with Gasteiger partial charge in [0.1, 0.15) is 13.2 Å². The number of likely N-dealkylation sites (tertiary alicyclic amines) is 1. The molecule has 2 fully saturated rings. The van der Waals surface area contributed by atoms with Gasteiger partial charge in [-0.15, -0.1) is 0 Å². The Bertz CT molecular complexity index is 632. The molecule has 3 aliphatic heterocycles. The normalized spacial score (nSPS) is 22.0. The molecule has 1 spiro atoms. The van der Waals surface area contributed by atoms with Crippen molar-refractivity contribution in [2.24, 2.45) is 0 Å². The minimum absolute atomic E-state index is 0.0332. The average Bonchev–Trinajstić information content (AvgIpc) is 3.04. The van der Waals surface area contributed by atoms with E-state index in [4.69, 9.17) is 25.8 Å². The van der Waals surface area contributed by atoms with Gasteiger partial charge in [0.25, 0.3) is 0 Å². The number of hydrogen-bond donors (Lipinski definition) is 0. The van der Waals surface area contributed by atoms with Gasteiger partial charge in [-0.2, -0.15) is 0 Å². The van der Waals surface area contributed by atoms with Crippen LogP contribution in [0.3, 0.4) is 0 Å². The summed E-state index contributed by atoms with van der Waals surface area (Å²) in [6.07, 6.45) is 4.44. The standard InChI is InChI=1S/C18H22ClNO4/c19-14-12-16-15(22-8-9-23-16)10-13(14)11-17(21)20-5-3-18(4-6-20)2-1-7-24-18/h10,12H,1-9,11H2. The van der Waals surface area contributed by atoms with E-state index in [1.807, 2.05) is 11.0 Å². The van der Waals surface area contributed by atoms with Gasteiger partial charge >= 0.3 is 0 Å². The number of rotatable bonds is 2. The molecule has 5 nitrogen and oxygen atoms in total. The topological polar surface area (TPSA) is 48.0 Å². The van der Waals surface area contributed by atoms with Gasteiger partial charge in [0.05, 0.1) is 12.0 Å². The zero-order valence-electron chi connectivity index (χ0n) is 13.7. The van der Waals surface area contributed by atoms with Gasteiger partial charge in [0, 0.05) is 30.8 Å². The largest absolute Gasteiger partial charge is 0.486 e. The number of carbonyl (C=O) groups is 1. The van der Waals surface area contributed by atoms with Crippen LogP contribution in [0.25, 0.3) is 0 Å². The highest BCUT2D eigenvalue weighted by atomic mass is 35.5. The van der Waals surface area contributed by atoms with Crippen molar-refractivity contribution in [1.29, 1.82) is 0 Å². The summed E-state index contributed by atoms with van der Waals surface area (Å²) in [5.41, 5.74) is 0.828. The van der Waals surface area contributed by atoms with Gasteiger partial charge in [-0.1, -0.05) is 11.6 Å². The highest BCUT2D eigenvalue weighted by Crippen LogP contribution is 2.37. The molecule has 3 aliphatic rings. The fraction of sp³-hybridized carbons (Fsp3) is 0.611. The van der Waals surface area contributed by atoms with Crippen molar-refractivity contribution in [3.05, 3.63) is 22.7 Å². The maximum atomic E-state index is 12.6. The molecule has 0 radical (unpaired) electrons. The Morgan fingerprint density at radius 1 is 1.08 bits per heavy atom. The Hall–Kier alpha value is -1.46. The summed E-state index contributed by atoms with van der Waals surface area (Å²) < 4.78 is 17.0. The number of piperidine rings is 1. The number of benzene rings is 1. The maximum Gasteiger partial charge on any atom is 0.227 e. The third-order valence-corrected chi connectivity index (χ3v) is 5.62. The van der Waals surface area contributed by atoms with Crippen molar-refractivity contribution < 1.29 is 19.0 Å². The molecule has 6 heteroatoms. The third-order valence-electron chi connectivity index (χ3n) is 5.27. The first-order chi connectivity index (χ1) is 11.7. The molecule has 0 bridgehead atoms. The van der Waals surface area contributed by atoms with Crippen molar-refractivity contribution in [3.63, 3.8) is 0 Å². The van der Waals surface area contributed by atoms with E-state index in [1.165, 1.54) is 0 Å². The Labute approximate surface area is 146 Å². The Morgan fingerprint density at radius 2 is 1.79 bits per heavy atom. The van der Waals surface area contributed by atoms with Crippen LogP contribution in [0, 0.1) is 0 Å². The summed E-state index contributed by atoms with van der Waals surface area (Å²) in [5.74, 6) is 1.44. The number of nitrogens with zero attached hydrogens (tertiary/aromatic N) is 1. The molecule has 1 aromatic rings. The van der Waals surface area contributed by atoms with Gasteiger partial charge in [0.2, 0.25) is 5.91 Å². The van der Waals surface area contributed by atoms with E-state index in [0.717, 1.165) is 50.9 Å². The molecule has 0 atom stereocenters. The number of fused-ring (bicyclic) bond motifs is 1. The number of halogens is 1. The first kappa shape index (κ1) is 16.0. The zero-order valence-corrected chi connectivity index (χ0v) is 14.4. The van der Waals surface area contributed by atoms with E-state index in [0.29, 0.717) is 36.2 Å². The molecule has 1 aromatic carbocycles. The van der Waals surface area contributed by atoms with E-state index < -0.39 is 0 Å².